The van der Waals surface area contributed by atoms with E-state index >= 15 is 0 Å². The van der Waals surface area contributed by atoms with Crippen LogP contribution < -0.4 is 15.8 Å². The largest absolute Gasteiger partial charge is 0.492 e. The highest BCUT2D eigenvalue weighted by atomic mass is 16.5. The zero-order valence-electron chi connectivity index (χ0n) is 10.9. The molecule has 0 aliphatic carbocycles. The Kier molecular flexibility index (Phi) is 4.71. The van der Waals surface area contributed by atoms with E-state index in [9.17, 15) is 9.59 Å². The van der Waals surface area contributed by atoms with Crippen molar-refractivity contribution in [1.82, 2.24) is 5.32 Å². The summed E-state index contributed by atoms with van der Waals surface area (Å²) in [7, 11) is 1.53. The monoisotopic (exact) mass is 250 g/mol. The van der Waals surface area contributed by atoms with Crippen LogP contribution in [0.1, 0.15) is 40.1 Å². The van der Waals surface area contributed by atoms with Gasteiger partial charge in [0.25, 0.3) is 5.91 Å². The van der Waals surface area contributed by atoms with Gasteiger partial charge >= 0.3 is 0 Å². The summed E-state index contributed by atoms with van der Waals surface area (Å²) in [6.45, 7) is 4.53. The number of hydrogen-bond donors (Lipinski definition) is 2. The molecule has 1 aromatic rings. The minimum atomic E-state index is -0.542. The third-order valence-corrected chi connectivity index (χ3v) is 2.54. The van der Waals surface area contributed by atoms with Crippen molar-refractivity contribution < 1.29 is 14.3 Å². The molecule has 3 N–H and O–H groups in total. The highest BCUT2D eigenvalue weighted by Gasteiger charge is 2.22. The Labute approximate surface area is 106 Å². The Morgan fingerprint density at radius 2 is 2.00 bits per heavy atom. The number of rotatable bonds is 2. The van der Waals surface area contributed by atoms with Gasteiger partial charge in [-0.25, -0.2) is 0 Å². The molecule has 1 aliphatic rings. The maximum atomic E-state index is 11.6. The van der Waals surface area contributed by atoms with Crippen molar-refractivity contribution in [1.29, 1.82) is 0 Å². The van der Waals surface area contributed by atoms with Gasteiger partial charge in [0.2, 0.25) is 5.91 Å². The summed E-state index contributed by atoms with van der Waals surface area (Å²) in [5, 5.41) is 2.51. The van der Waals surface area contributed by atoms with Crippen LogP contribution in [-0.2, 0) is 6.42 Å². The van der Waals surface area contributed by atoms with Crippen molar-refractivity contribution in [2.24, 2.45) is 5.73 Å². The van der Waals surface area contributed by atoms with Gasteiger partial charge in [-0.15, -0.1) is 0 Å². The molecule has 98 valence electrons. The highest BCUT2D eigenvalue weighted by molar-refractivity contribution is 6.01. The molecule has 0 aromatic heterocycles. The van der Waals surface area contributed by atoms with Gasteiger partial charge in [-0.1, -0.05) is 13.8 Å². The van der Waals surface area contributed by atoms with E-state index in [1.54, 1.807) is 6.07 Å². The summed E-state index contributed by atoms with van der Waals surface area (Å²) in [6, 6.07) is 3.14. The molecule has 0 unspecified atom stereocenters. The van der Waals surface area contributed by atoms with Crippen LogP contribution in [-0.4, -0.2) is 25.5 Å². The van der Waals surface area contributed by atoms with E-state index in [0.29, 0.717) is 29.9 Å². The molecule has 0 fully saturated rings. The summed E-state index contributed by atoms with van der Waals surface area (Å²) in [4.78, 5) is 22.7. The first kappa shape index (κ1) is 14.0. The molecule has 5 heteroatoms. The van der Waals surface area contributed by atoms with Crippen molar-refractivity contribution in [3.05, 3.63) is 28.8 Å². The van der Waals surface area contributed by atoms with E-state index in [0.717, 1.165) is 5.56 Å². The second-order valence-electron chi connectivity index (χ2n) is 3.55. The number of primary amides is 1. The molecule has 0 saturated heterocycles. The molecule has 0 radical (unpaired) electrons. The van der Waals surface area contributed by atoms with Crippen molar-refractivity contribution in [3.63, 3.8) is 0 Å². The average molecular weight is 250 g/mol. The molecule has 5 nitrogen and oxygen atoms in total. The van der Waals surface area contributed by atoms with E-state index in [2.05, 4.69) is 5.32 Å². The van der Waals surface area contributed by atoms with E-state index in [1.807, 2.05) is 13.8 Å². The standard InChI is InChI=1S/C11H12N2O3.C2H6/c1-13-11(15)8-5-7(10(12)14)4-6-2-3-16-9(6)8;1-2/h4-5H,2-3H2,1H3,(H2,12,14)(H,13,15);1-2H3. The SMILES string of the molecule is CC.CNC(=O)c1cc(C(N)=O)cc2c1OCC2. The van der Waals surface area contributed by atoms with Crippen LogP contribution in [0.2, 0.25) is 0 Å². The number of fused-ring (bicyclic) bond motifs is 1. The Morgan fingerprint density at radius 3 is 2.56 bits per heavy atom. The van der Waals surface area contributed by atoms with Gasteiger partial charge in [0, 0.05) is 19.0 Å². The number of carbonyl (C=O) groups is 2. The van der Waals surface area contributed by atoms with Crippen LogP contribution in [0, 0.1) is 0 Å². The molecule has 0 spiro atoms. The molecular weight excluding hydrogens is 232 g/mol. The summed E-state index contributed by atoms with van der Waals surface area (Å²) >= 11 is 0. The first-order chi connectivity index (χ1) is 8.63. The second kappa shape index (κ2) is 6.05. The molecule has 18 heavy (non-hydrogen) atoms. The van der Waals surface area contributed by atoms with Crippen LogP contribution >= 0.6 is 0 Å². The average Bonchev–Trinajstić information content (AvgIpc) is 2.87. The van der Waals surface area contributed by atoms with Gasteiger partial charge in [0.1, 0.15) is 5.75 Å². The van der Waals surface area contributed by atoms with Crippen LogP contribution in [0.15, 0.2) is 12.1 Å². The molecule has 0 saturated carbocycles. The molecule has 0 atom stereocenters. The smallest absolute Gasteiger partial charge is 0.254 e. The fraction of sp³-hybridized carbons (Fsp3) is 0.385. The fourth-order valence-electron chi connectivity index (χ4n) is 1.75. The first-order valence-corrected chi connectivity index (χ1v) is 5.95. The van der Waals surface area contributed by atoms with Crippen molar-refractivity contribution >= 4 is 11.8 Å². The Bertz CT molecular complexity index is 470. The maximum absolute atomic E-state index is 11.6. The van der Waals surface area contributed by atoms with Crippen LogP contribution in [0.4, 0.5) is 0 Å². The summed E-state index contributed by atoms with van der Waals surface area (Å²) < 4.78 is 5.37. The molecule has 2 rings (SSSR count). The van der Waals surface area contributed by atoms with Crippen LogP contribution in [0.3, 0.4) is 0 Å². The van der Waals surface area contributed by atoms with E-state index in [4.69, 9.17) is 10.5 Å². The van der Waals surface area contributed by atoms with Crippen LogP contribution in [0.5, 0.6) is 5.75 Å². The lowest BCUT2D eigenvalue weighted by Crippen LogP contribution is -2.20. The predicted octanol–water partition coefficient (Wildman–Crippen LogP) is 1.11. The number of carbonyl (C=O) groups excluding carboxylic acids is 2. The summed E-state index contributed by atoms with van der Waals surface area (Å²) in [5.41, 5.74) is 6.77. The number of nitrogens with one attached hydrogen (secondary N) is 1. The summed E-state index contributed by atoms with van der Waals surface area (Å²) in [5.74, 6) is -0.259. The normalized spacial score (nSPS) is 11.7. The zero-order valence-corrected chi connectivity index (χ0v) is 10.9. The molecule has 1 aromatic carbocycles. The van der Waals surface area contributed by atoms with Gasteiger partial charge in [-0.3, -0.25) is 9.59 Å². The van der Waals surface area contributed by atoms with Gasteiger partial charge < -0.3 is 15.8 Å². The Hall–Kier alpha value is -2.04. The number of hydrogen-bond acceptors (Lipinski definition) is 3. The van der Waals surface area contributed by atoms with E-state index in [1.165, 1.54) is 13.1 Å². The molecule has 1 aliphatic heterocycles. The fourth-order valence-corrected chi connectivity index (χ4v) is 1.75. The minimum absolute atomic E-state index is 0.277. The van der Waals surface area contributed by atoms with E-state index in [-0.39, 0.29) is 5.91 Å². The van der Waals surface area contributed by atoms with Gasteiger partial charge in [0.05, 0.1) is 12.2 Å². The third kappa shape index (κ3) is 2.61. The number of benzene rings is 1. The lowest BCUT2D eigenvalue weighted by Gasteiger charge is -2.08. The quantitative estimate of drug-likeness (QED) is 0.824. The minimum Gasteiger partial charge on any atom is -0.492 e. The lowest BCUT2D eigenvalue weighted by molar-refractivity contribution is 0.0960. The highest BCUT2D eigenvalue weighted by Crippen LogP contribution is 2.30. The van der Waals surface area contributed by atoms with Crippen LogP contribution in [0.25, 0.3) is 0 Å². The predicted molar refractivity (Wildman–Crippen MR) is 68.9 cm³/mol. The zero-order chi connectivity index (χ0) is 13.7. The Balaban J connectivity index is 0.000000771. The first-order valence-electron chi connectivity index (χ1n) is 5.95. The lowest BCUT2D eigenvalue weighted by atomic mass is 10.0. The van der Waals surface area contributed by atoms with Gasteiger partial charge in [-0.05, 0) is 17.7 Å². The number of nitrogens with two attached hydrogens (primary N) is 1. The Morgan fingerprint density at radius 1 is 1.33 bits per heavy atom. The summed E-state index contributed by atoms with van der Waals surface area (Å²) in [6.07, 6.45) is 0.695. The number of ether oxygens (including phenoxy) is 1. The second-order valence-corrected chi connectivity index (χ2v) is 3.55. The van der Waals surface area contributed by atoms with Gasteiger partial charge in [-0.2, -0.15) is 0 Å². The molecule has 1 heterocycles. The van der Waals surface area contributed by atoms with Crippen molar-refractivity contribution in [3.8, 4) is 5.75 Å². The van der Waals surface area contributed by atoms with E-state index < -0.39 is 5.91 Å². The van der Waals surface area contributed by atoms with Crippen molar-refractivity contribution in [2.75, 3.05) is 13.7 Å². The van der Waals surface area contributed by atoms with Crippen molar-refractivity contribution in [2.45, 2.75) is 20.3 Å². The molecular formula is C13H18N2O3. The topological polar surface area (TPSA) is 81.4 Å². The van der Waals surface area contributed by atoms with Gasteiger partial charge in [0.15, 0.2) is 0 Å². The molecule has 0 bridgehead atoms. The molecule has 2 amide bonds. The maximum Gasteiger partial charge on any atom is 0.254 e. The number of amides is 2. The third-order valence-electron chi connectivity index (χ3n) is 2.54.